The summed E-state index contributed by atoms with van der Waals surface area (Å²) in [6.07, 6.45) is 0. The van der Waals surface area contributed by atoms with Crippen LogP contribution in [0.3, 0.4) is 0 Å². The summed E-state index contributed by atoms with van der Waals surface area (Å²) in [5.41, 5.74) is 1.25. The standard InChI is InChI=1S/C19H19N5O3/c1-20-19(27)21-13-7-5-6-12(10-13)18(26)24(2)11-16-22-15-9-4-3-8-14(15)17(25)23-16/h3-10H,11H2,1-2H3,(H2,20,21,27)(H,22,23,25). The Balaban J connectivity index is 1.79. The lowest BCUT2D eigenvalue weighted by Gasteiger charge is -2.17. The van der Waals surface area contributed by atoms with Gasteiger partial charge in [-0.1, -0.05) is 18.2 Å². The van der Waals surface area contributed by atoms with Gasteiger partial charge < -0.3 is 20.5 Å². The van der Waals surface area contributed by atoms with Crippen LogP contribution in [0, 0.1) is 0 Å². The first-order valence-electron chi connectivity index (χ1n) is 8.30. The number of benzene rings is 2. The number of nitrogens with one attached hydrogen (secondary N) is 3. The second-order valence-corrected chi connectivity index (χ2v) is 5.98. The maximum absolute atomic E-state index is 12.7. The van der Waals surface area contributed by atoms with E-state index in [1.807, 2.05) is 0 Å². The second kappa shape index (κ2) is 7.69. The van der Waals surface area contributed by atoms with Crippen LogP contribution in [0.4, 0.5) is 10.5 Å². The molecular formula is C19H19N5O3. The first-order valence-corrected chi connectivity index (χ1v) is 8.30. The summed E-state index contributed by atoms with van der Waals surface area (Å²) in [5.74, 6) is 0.139. The molecule has 3 rings (SSSR count). The molecule has 2 aromatic carbocycles. The molecule has 0 radical (unpaired) electrons. The van der Waals surface area contributed by atoms with Crippen molar-refractivity contribution in [2.75, 3.05) is 19.4 Å². The van der Waals surface area contributed by atoms with Gasteiger partial charge >= 0.3 is 6.03 Å². The lowest BCUT2D eigenvalue weighted by Crippen LogP contribution is -2.28. The minimum absolute atomic E-state index is 0.145. The third-order valence-electron chi connectivity index (χ3n) is 3.99. The van der Waals surface area contributed by atoms with Gasteiger partial charge in [0.2, 0.25) is 0 Å². The van der Waals surface area contributed by atoms with E-state index in [9.17, 15) is 14.4 Å². The van der Waals surface area contributed by atoms with Crippen molar-refractivity contribution in [3.8, 4) is 0 Å². The van der Waals surface area contributed by atoms with Gasteiger partial charge in [-0.25, -0.2) is 9.78 Å². The Bertz CT molecular complexity index is 1060. The number of fused-ring (bicyclic) bond motifs is 1. The molecule has 1 aromatic heterocycles. The van der Waals surface area contributed by atoms with E-state index in [1.165, 1.54) is 11.9 Å². The van der Waals surface area contributed by atoms with Crippen LogP contribution < -0.4 is 16.2 Å². The first-order chi connectivity index (χ1) is 13.0. The topological polar surface area (TPSA) is 107 Å². The Kier molecular flexibility index (Phi) is 5.16. The van der Waals surface area contributed by atoms with Crippen LogP contribution in [0.15, 0.2) is 53.3 Å². The van der Waals surface area contributed by atoms with E-state index in [0.29, 0.717) is 28.0 Å². The Labute approximate surface area is 155 Å². The van der Waals surface area contributed by atoms with E-state index in [4.69, 9.17) is 0 Å². The highest BCUT2D eigenvalue weighted by molar-refractivity contribution is 5.96. The van der Waals surface area contributed by atoms with Gasteiger partial charge in [-0.05, 0) is 30.3 Å². The van der Waals surface area contributed by atoms with Crippen LogP contribution in [-0.2, 0) is 6.54 Å². The number of hydrogen-bond acceptors (Lipinski definition) is 4. The highest BCUT2D eigenvalue weighted by atomic mass is 16.2. The molecule has 3 amide bonds. The third-order valence-corrected chi connectivity index (χ3v) is 3.99. The van der Waals surface area contributed by atoms with E-state index in [0.717, 1.165) is 0 Å². The van der Waals surface area contributed by atoms with Crippen molar-refractivity contribution < 1.29 is 9.59 Å². The lowest BCUT2D eigenvalue weighted by molar-refractivity contribution is 0.0781. The number of carbonyl (C=O) groups excluding carboxylic acids is 2. The number of hydrogen-bond donors (Lipinski definition) is 3. The summed E-state index contributed by atoms with van der Waals surface area (Å²) in [7, 11) is 3.13. The molecule has 3 aromatic rings. The van der Waals surface area contributed by atoms with Crippen molar-refractivity contribution >= 4 is 28.5 Å². The summed E-state index contributed by atoms with van der Waals surface area (Å²) in [6, 6.07) is 13.3. The lowest BCUT2D eigenvalue weighted by atomic mass is 10.1. The second-order valence-electron chi connectivity index (χ2n) is 5.98. The quantitative estimate of drug-likeness (QED) is 0.657. The van der Waals surface area contributed by atoms with E-state index in [2.05, 4.69) is 20.6 Å². The molecule has 0 fully saturated rings. The fourth-order valence-electron chi connectivity index (χ4n) is 2.65. The van der Waals surface area contributed by atoms with Crippen molar-refractivity contribution in [1.29, 1.82) is 0 Å². The minimum Gasteiger partial charge on any atom is -0.341 e. The predicted octanol–water partition coefficient (Wildman–Crippen LogP) is 1.95. The number of amides is 3. The van der Waals surface area contributed by atoms with E-state index in [1.54, 1.807) is 55.6 Å². The molecule has 0 saturated carbocycles. The molecule has 1 heterocycles. The number of para-hydroxylation sites is 1. The predicted molar refractivity (Wildman–Crippen MR) is 103 cm³/mol. The smallest absolute Gasteiger partial charge is 0.318 e. The van der Waals surface area contributed by atoms with E-state index >= 15 is 0 Å². The Morgan fingerprint density at radius 1 is 1.15 bits per heavy atom. The summed E-state index contributed by atoms with van der Waals surface area (Å²) in [6.45, 7) is 0.145. The van der Waals surface area contributed by atoms with Gasteiger partial charge in [0.15, 0.2) is 0 Å². The van der Waals surface area contributed by atoms with Gasteiger partial charge in [-0.15, -0.1) is 0 Å². The van der Waals surface area contributed by atoms with Gasteiger partial charge in [0, 0.05) is 25.3 Å². The van der Waals surface area contributed by atoms with Crippen LogP contribution in [0.1, 0.15) is 16.2 Å². The normalized spacial score (nSPS) is 10.4. The summed E-state index contributed by atoms with van der Waals surface area (Å²) < 4.78 is 0. The largest absolute Gasteiger partial charge is 0.341 e. The number of aromatic nitrogens is 2. The molecule has 0 aliphatic carbocycles. The van der Waals surface area contributed by atoms with Crippen LogP contribution in [-0.4, -0.2) is 40.9 Å². The Morgan fingerprint density at radius 3 is 2.70 bits per heavy atom. The molecular weight excluding hydrogens is 346 g/mol. The molecule has 138 valence electrons. The van der Waals surface area contributed by atoms with E-state index < -0.39 is 0 Å². The van der Waals surface area contributed by atoms with Crippen LogP contribution in [0.2, 0.25) is 0 Å². The number of anilines is 1. The molecule has 0 aliphatic rings. The maximum atomic E-state index is 12.7. The minimum atomic E-state index is -0.370. The van der Waals surface area contributed by atoms with Gasteiger partial charge in [0.25, 0.3) is 11.5 Å². The zero-order chi connectivity index (χ0) is 19.4. The number of H-pyrrole nitrogens is 1. The third kappa shape index (κ3) is 4.12. The summed E-state index contributed by atoms with van der Waals surface area (Å²) in [5, 5.41) is 5.58. The van der Waals surface area contributed by atoms with Gasteiger partial charge in [0.05, 0.1) is 17.4 Å². The monoisotopic (exact) mass is 365 g/mol. The molecule has 8 heteroatoms. The van der Waals surface area contributed by atoms with Gasteiger partial charge in [-0.3, -0.25) is 9.59 Å². The highest BCUT2D eigenvalue weighted by Gasteiger charge is 2.15. The molecule has 0 aliphatic heterocycles. The Morgan fingerprint density at radius 2 is 1.93 bits per heavy atom. The summed E-state index contributed by atoms with van der Waals surface area (Å²) >= 11 is 0. The number of rotatable bonds is 4. The van der Waals surface area contributed by atoms with Crippen molar-refractivity contribution in [2.24, 2.45) is 0 Å². The SMILES string of the molecule is CNC(=O)Nc1cccc(C(=O)N(C)Cc2nc3ccccc3c(=O)[nH]2)c1. The Hall–Kier alpha value is -3.68. The zero-order valence-electron chi connectivity index (χ0n) is 14.9. The maximum Gasteiger partial charge on any atom is 0.318 e. The fraction of sp³-hybridized carbons (Fsp3) is 0.158. The molecule has 27 heavy (non-hydrogen) atoms. The zero-order valence-corrected chi connectivity index (χ0v) is 14.9. The van der Waals surface area contributed by atoms with Crippen molar-refractivity contribution in [3.63, 3.8) is 0 Å². The fourth-order valence-corrected chi connectivity index (χ4v) is 2.65. The average Bonchev–Trinajstić information content (AvgIpc) is 2.67. The van der Waals surface area contributed by atoms with Gasteiger partial charge in [0.1, 0.15) is 5.82 Å². The molecule has 0 spiro atoms. The van der Waals surface area contributed by atoms with E-state index in [-0.39, 0.29) is 24.0 Å². The van der Waals surface area contributed by atoms with Crippen LogP contribution >= 0.6 is 0 Å². The molecule has 0 atom stereocenters. The van der Waals surface area contributed by atoms with Crippen LogP contribution in [0.25, 0.3) is 10.9 Å². The highest BCUT2D eigenvalue weighted by Crippen LogP contribution is 2.13. The summed E-state index contributed by atoms with van der Waals surface area (Å²) in [4.78, 5) is 44.8. The molecule has 8 nitrogen and oxygen atoms in total. The van der Waals surface area contributed by atoms with Crippen LogP contribution in [0.5, 0.6) is 0 Å². The number of aromatic amines is 1. The van der Waals surface area contributed by atoms with Crippen molar-refractivity contribution in [3.05, 3.63) is 70.3 Å². The molecule has 0 saturated heterocycles. The number of nitrogens with zero attached hydrogens (tertiary/aromatic N) is 2. The number of urea groups is 1. The average molecular weight is 365 g/mol. The van der Waals surface area contributed by atoms with Gasteiger partial charge in [-0.2, -0.15) is 0 Å². The first kappa shape index (κ1) is 18.1. The van der Waals surface area contributed by atoms with Crippen molar-refractivity contribution in [2.45, 2.75) is 6.54 Å². The number of carbonyl (C=O) groups is 2. The molecule has 3 N–H and O–H groups in total. The van der Waals surface area contributed by atoms with Crippen molar-refractivity contribution in [1.82, 2.24) is 20.2 Å². The molecule has 0 unspecified atom stereocenters. The molecule has 0 bridgehead atoms.